The summed E-state index contributed by atoms with van der Waals surface area (Å²) in [5.41, 5.74) is 0. The van der Waals surface area contributed by atoms with Gasteiger partial charge < -0.3 is 0 Å². The Morgan fingerprint density at radius 3 is 3.12 bits per heavy atom. The lowest BCUT2D eigenvalue weighted by Gasteiger charge is -1.79. The zero-order chi connectivity index (χ0) is 5.82. The summed E-state index contributed by atoms with van der Waals surface area (Å²) in [7, 11) is 0. The molecule has 8 heavy (non-hydrogen) atoms. The molecule has 0 N–H and O–H groups in total. The molecule has 0 amide bonds. The molecule has 0 atom stereocenters. The van der Waals surface area contributed by atoms with Crippen molar-refractivity contribution >= 4 is 11.3 Å². The number of aromatic nitrogens is 1. The molecule has 1 aromatic heterocycles. The second-order valence-corrected chi connectivity index (χ2v) is 2.20. The van der Waals surface area contributed by atoms with Crippen LogP contribution in [0.15, 0.2) is 24.2 Å². The molecule has 2 heteroatoms. The average molecular weight is 126 g/mol. The molecule has 1 heterocycles. The Morgan fingerprint density at radius 2 is 2.62 bits per heavy atom. The fraction of sp³-hybridized carbons (Fsp3) is 0. The Kier molecular flexibility index (Phi) is 1.80. The molecular formula is C6H6NS. The van der Waals surface area contributed by atoms with Crippen molar-refractivity contribution in [2.75, 3.05) is 0 Å². The molecule has 0 spiro atoms. The third-order valence-corrected chi connectivity index (χ3v) is 1.45. The highest BCUT2D eigenvalue weighted by Crippen LogP contribution is 2.05. The summed E-state index contributed by atoms with van der Waals surface area (Å²) in [6, 6.07) is 0. The third kappa shape index (κ3) is 1.17. The van der Waals surface area contributed by atoms with Crippen LogP contribution in [0.25, 0.3) is 0 Å². The monoisotopic (exact) mass is 126 g/mol. The van der Waals surface area contributed by atoms with E-state index >= 15 is 0 Å². The SMILES string of the molecule is C=C[CH][14c]1nccs1. The summed E-state index contributed by atoms with van der Waals surface area (Å²) >= 11 is 1.61. The van der Waals surface area contributed by atoms with E-state index in [4.69, 9.17) is 0 Å². The van der Waals surface area contributed by atoms with E-state index in [1.807, 2.05) is 11.8 Å². The van der Waals surface area contributed by atoms with Gasteiger partial charge in [0.25, 0.3) is 0 Å². The van der Waals surface area contributed by atoms with Crippen LogP contribution in [0.3, 0.4) is 0 Å². The van der Waals surface area contributed by atoms with E-state index in [1.165, 1.54) is 0 Å². The van der Waals surface area contributed by atoms with Crippen LogP contribution in [-0.2, 0) is 0 Å². The third-order valence-electron chi connectivity index (χ3n) is 0.712. The van der Waals surface area contributed by atoms with Crippen molar-refractivity contribution < 1.29 is 0 Å². The minimum atomic E-state index is 1.01. The first-order valence-corrected chi connectivity index (χ1v) is 3.16. The van der Waals surface area contributed by atoms with Crippen molar-refractivity contribution in [2.24, 2.45) is 0 Å². The van der Waals surface area contributed by atoms with Crippen LogP contribution in [0.1, 0.15) is 5.01 Å². The van der Waals surface area contributed by atoms with Gasteiger partial charge in [0.15, 0.2) is 0 Å². The van der Waals surface area contributed by atoms with Gasteiger partial charge in [-0.2, -0.15) is 0 Å². The van der Waals surface area contributed by atoms with Crippen LogP contribution in [-0.4, -0.2) is 4.98 Å². The summed E-state index contributed by atoms with van der Waals surface area (Å²) in [4.78, 5) is 4.00. The number of hydrogen-bond acceptors (Lipinski definition) is 2. The molecule has 0 unspecified atom stereocenters. The summed E-state index contributed by atoms with van der Waals surface area (Å²) < 4.78 is 0. The molecule has 0 aromatic carbocycles. The number of rotatable bonds is 2. The first-order chi connectivity index (χ1) is 3.93. The molecular weight excluding hydrogens is 120 g/mol. The van der Waals surface area contributed by atoms with Crippen molar-refractivity contribution in [3.05, 3.63) is 35.7 Å². The first-order valence-electron chi connectivity index (χ1n) is 2.29. The number of hydrogen-bond donors (Lipinski definition) is 0. The van der Waals surface area contributed by atoms with E-state index in [1.54, 1.807) is 23.6 Å². The molecule has 1 radical (unpaired) electrons. The minimum absolute atomic E-state index is 1.01. The highest BCUT2D eigenvalue weighted by atomic mass is 32.1. The summed E-state index contributed by atoms with van der Waals surface area (Å²) in [6.45, 7) is 3.55. The molecule has 0 saturated heterocycles. The predicted molar refractivity (Wildman–Crippen MR) is 35.7 cm³/mol. The van der Waals surface area contributed by atoms with Crippen LogP contribution >= 0.6 is 11.3 Å². The van der Waals surface area contributed by atoms with Gasteiger partial charge in [-0.25, -0.2) is 4.98 Å². The topological polar surface area (TPSA) is 12.9 Å². The Labute approximate surface area is 52.7 Å². The minimum Gasteiger partial charge on any atom is -0.249 e. The van der Waals surface area contributed by atoms with Crippen molar-refractivity contribution in [2.45, 2.75) is 0 Å². The molecule has 1 nitrogen and oxygen atoms in total. The maximum Gasteiger partial charge on any atom is 0.100 e. The molecule has 0 fully saturated rings. The first kappa shape index (κ1) is 5.51. The van der Waals surface area contributed by atoms with Gasteiger partial charge in [0.1, 0.15) is 5.01 Å². The van der Waals surface area contributed by atoms with E-state index in [0.29, 0.717) is 0 Å². The van der Waals surface area contributed by atoms with Crippen molar-refractivity contribution in [3.63, 3.8) is 0 Å². The van der Waals surface area contributed by atoms with Gasteiger partial charge >= 0.3 is 0 Å². The Bertz CT molecular complexity index is 155. The van der Waals surface area contributed by atoms with Crippen LogP contribution in [0.5, 0.6) is 0 Å². The van der Waals surface area contributed by atoms with E-state index < -0.39 is 0 Å². The zero-order valence-corrected chi connectivity index (χ0v) is 5.19. The lowest BCUT2D eigenvalue weighted by molar-refractivity contribution is 1.33. The highest BCUT2D eigenvalue weighted by molar-refractivity contribution is 7.09. The van der Waals surface area contributed by atoms with Gasteiger partial charge in [-0.15, -0.1) is 17.9 Å². The zero-order valence-electron chi connectivity index (χ0n) is 4.37. The second kappa shape index (κ2) is 2.62. The quantitative estimate of drug-likeness (QED) is 0.589. The molecule has 1 aromatic rings. The van der Waals surface area contributed by atoms with Crippen molar-refractivity contribution in [1.82, 2.24) is 4.98 Å². The van der Waals surface area contributed by atoms with E-state index in [-0.39, 0.29) is 0 Å². The number of thiazole rings is 1. The smallest absolute Gasteiger partial charge is 0.100 e. The summed E-state index contributed by atoms with van der Waals surface area (Å²) in [6.07, 6.45) is 5.39. The fourth-order valence-corrected chi connectivity index (χ4v) is 0.975. The molecule has 41 valence electrons. The van der Waals surface area contributed by atoms with Gasteiger partial charge in [-0.05, 0) is 0 Å². The van der Waals surface area contributed by atoms with E-state index in [9.17, 15) is 0 Å². The van der Waals surface area contributed by atoms with Gasteiger partial charge in [0, 0.05) is 18.0 Å². The summed E-state index contributed by atoms with van der Waals surface area (Å²) in [5.74, 6) is 0. The van der Waals surface area contributed by atoms with Gasteiger partial charge in [-0.1, -0.05) is 6.08 Å². The molecule has 0 aliphatic rings. The number of allylic oxidation sites excluding steroid dienone is 1. The van der Waals surface area contributed by atoms with E-state index in [0.717, 1.165) is 5.01 Å². The molecule has 0 aliphatic heterocycles. The van der Waals surface area contributed by atoms with Gasteiger partial charge in [0.2, 0.25) is 0 Å². The summed E-state index contributed by atoms with van der Waals surface area (Å²) in [5, 5.41) is 2.95. The average Bonchev–Trinajstić information content (AvgIpc) is 2.19. The lowest BCUT2D eigenvalue weighted by Crippen LogP contribution is -1.69. The standard InChI is InChI=1S/C6H6NS/c1-2-3-6-7-4-5-8-6/h2-5H,1H2/i6+2. The fourth-order valence-electron chi connectivity index (χ4n) is 0.418. The van der Waals surface area contributed by atoms with Crippen LogP contribution < -0.4 is 0 Å². The Morgan fingerprint density at radius 1 is 1.75 bits per heavy atom. The van der Waals surface area contributed by atoms with Crippen LogP contribution in [0, 0.1) is 6.42 Å². The second-order valence-electron chi connectivity index (χ2n) is 1.27. The normalized spacial score (nSPS) is 9.00. The predicted octanol–water partition coefficient (Wildman–Crippen LogP) is 1.88. The maximum absolute atomic E-state index is 4.00. The molecule has 0 bridgehead atoms. The lowest BCUT2D eigenvalue weighted by atomic mass is 10.7. The van der Waals surface area contributed by atoms with Gasteiger partial charge in [0.05, 0.1) is 0 Å². The Hall–Kier alpha value is -0.630. The maximum atomic E-state index is 4.00. The number of nitrogens with zero attached hydrogens (tertiary/aromatic N) is 1. The molecule has 0 aliphatic carbocycles. The van der Waals surface area contributed by atoms with Crippen molar-refractivity contribution in [3.8, 4) is 0 Å². The molecule has 1 rings (SSSR count). The largest absolute Gasteiger partial charge is 0.249 e. The Balaban J connectivity index is 2.62. The molecule has 0 saturated carbocycles. The highest BCUT2D eigenvalue weighted by Gasteiger charge is 1.87. The van der Waals surface area contributed by atoms with Gasteiger partial charge in [-0.3, -0.25) is 0 Å². The van der Waals surface area contributed by atoms with Crippen molar-refractivity contribution in [1.29, 1.82) is 0 Å². The van der Waals surface area contributed by atoms with Crippen LogP contribution in [0.4, 0.5) is 0 Å². The van der Waals surface area contributed by atoms with E-state index in [2.05, 4.69) is 11.6 Å². The van der Waals surface area contributed by atoms with Crippen LogP contribution in [0.2, 0.25) is 0 Å².